The maximum Gasteiger partial charge on any atom is 0.121 e. The van der Waals surface area contributed by atoms with Crippen molar-refractivity contribution in [3.63, 3.8) is 0 Å². The molecule has 106 valence electrons. The van der Waals surface area contributed by atoms with Gasteiger partial charge in [0.15, 0.2) is 0 Å². The second-order valence-corrected chi connectivity index (χ2v) is 6.37. The third-order valence-electron chi connectivity index (χ3n) is 4.17. The standard InChI is InChI=1S/C16H26N2O/c1-12-9-13(5-6-15(12)19-4)14(10-17)18-8-7-16(2,3)11-18/h5-6,9,14H,7-8,10-11,17H2,1-4H3. The first-order chi connectivity index (χ1) is 8.96. The molecule has 0 aromatic heterocycles. The quantitative estimate of drug-likeness (QED) is 0.906. The Balaban J connectivity index is 2.20. The Labute approximate surface area is 116 Å². The summed E-state index contributed by atoms with van der Waals surface area (Å²) in [4.78, 5) is 2.52. The number of rotatable bonds is 4. The summed E-state index contributed by atoms with van der Waals surface area (Å²) in [5, 5.41) is 0. The first-order valence-electron chi connectivity index (χ1n) is 7.05. The van der Waals surface area contributed by atoms with Gasteiger partial charge >= 0.3 is 0 Å². The Bertz CT molecular complexity index is 442. The molecule has 3 heteroatoms. The molecule has 1 saturated heterocycles. The number of benzene rings is 1. The first kappa shape index (κ1) is 14.4. The van der Waals surface area contributed by atoms with Crippen LogP contribution in [0.25, 0.3) is 0 Å². The molecule has 2 N–H and O–H groups in total. The first-order valence-corrected chi connectivity index (χ1v) is 7.05. The summed E-state index contributed by atoms with van der Waals surface area (Å²) < 4.78 is 5.33. The van der Waals surface area contributed by atoms with Crippen molar-refractivity contribution in [1.29, 1.82) is 0 Å². The van der Waals surface area contributed by atoms with Crippen molar-refractivity contribution >= 4 is 0 Å². The zero-order valence-corrected chi connectivity index (χ0v) is 12.6. The number of nitrogens with zero attached hydrogens (tertiary/aromatic N) is 1. The Morgan fingerprint density at radius 2 is 2.16 bits per heavy atom. The van der Waals surface area contributed by atoms with Gasteiger partial charge in [-0.05, 0) is 42.5 Å². The number of aryl methyl sites for hydroxylation is 1. The lowest BCUT2D eigenvalue weighted by Gasteiger charge is -2.29. The number of likely N-dealkylation sites (tertiary alicyclic amines) is 1. The molecule has 0 radical (unpaired) electrons. The Morgan fingerprint density at radius 1 is 1.42 bits per heavy atom. The molecule has 3 nitrogen and oxygen atoms in total. The Kier molecular flexibility index (Phi) is 4.16. The van der Waals surface area contributed by atoms with Crippen molar-refractivity contribution in [3.8, 4) is 5.75 Å². The largest absolute Gasteiger partial charge is 0.496 e. The Morgan fingerprint density at radius 3 is 2.63 bits per heavy atom. The van der Waals surface area contributed by atoms with Gasteiger partial charge in [-0.3, -0.25) is 4.90 Å². The zero-order chi connectivity index (χ0) is 14.0. The molecule has 19 heavy (non-hydrogen) atoms. The highest BCUT2D eigenvalue weighted by Crippen LogP contribution is 2.35. The third kappa shape index (κ3) is 3.10. The average Bonchev–Trinajstić information content (AvgIpc) is 2.71. The topological polar surface area (TPSA) is 38.5 Å². The second kappa shape index (κ2) is 5.51. The van der Waals surface area contributed by atoms with Crippen LogP contribution in [0.2, 0.25) is 0 Å². The van der Waals surface area contributed by atoms with Crippen molar-refractivity contribution in [2.24, 2.45) is 11.1 Å². The molecular formula is C16H26N2O. The second-order valence-electron chi connectivity index (χ2n) is 6.37. The lowest BCUT2D eigenvalue weighted by Crippen LogP contribution is -2.33. The fourth-order valence-electron chi connectivity index (χ4n) is 3.03. The Hall–Kier alpha value is -1.06. The molecule has 1 aliphatic heterocycles. The van der Waals surface area contributed by atoms with Gasteiger partial charge in [0.1, 0.15) is 5.75 Å². The van der Waals surface area contributed by atoms with E-state index < -0.39 is 0 Å². The fraction of sp³-hybridized carbons (Fsp3) is 0.625. The summed E-state index contributed by atoms with van der Waals surface area (Å²) in [6.45, 7) is 9.69. The lowest BCUT2D eigenvalue weighted by molar-refractivity contribution is 0.223. The van der Waals surface area contributed by atoms with Crippen LogP contribution in [0.1, 0.15) is 37.4 Å². The summed E-state index contributed by atoms with van der Waals surface area (Å²) in [5.41, 5.74) is 8.91. The predicted molar refractivity (Wildman–Crippen MR) is 79.5 cm³/mol. The molecule has 0 spiro atoms. The van der Waals surface area contributed by atoms with Crippen molar-refractivity contribution in [3.05, 3.63) is 29.3 Å². The molecule has 2 rings (SSSR count). The van der Waals surface area contributed by atoms with Crippen molar-refractivity contribution in [2.75, 3.05) is 26.7 Å². The summed E-state index contributed by atoms with van der Waals surface area (Å²) in [5.74, 6) is 0.946. The minimum Gasteiger partial charge on any atom is -0.496 e. The highest BCUT2D eigenvalue weighted by Gasteiger charge is 2.33. The smallest absolute Gasteiger partial charge is 0.121 e. The summed E-state index contributed by atoms with van der Waals surface area (Å²) in [7, 11) is 1.71. The normalized spacial score (nSPS) is 20.5. The molecule has 0 saturated carbocycles. The van der Waals surface area contributed by atoms with E-state index in [1.165, 1.54) is 17.5 Å². The van der Waals surface area contributed by atoms with Gasteiger partial charge in [-0.25, -0.2) is 0 Å². The van der Waals surface area contributed by atoms with Crippen molar-refractivity contribution in [1.82, 2.24) is 4.90 Å². The molecule has 1 fully saturated rings. The molecule has 1 atom stereocenters. The molecule has 1 aromatic rings. The van der Waals surface area contributed by atoms with Crippen LogP contribution in [0, 0.1) is 12.3 Å². The SMILES string of the molecule is COc1ccc(C(CN)N2CCC(C)(C)C2)cc1C. The van der Waals surface area contributed by atoms with E-state index in [1.807, 2.05) is 0 Å². The molecular weight excluding hydrogens is 236 g/mol. The molecule has 1 heterocycles. The average molecular weight is 262 g/mol. The highest BCUT2D eigenvalue weighted by molar-refractivity contribution is 5.37. The number of hydrogen-bond acceptors (Lipinski definition) is 3. The molecule has 1 unspecified atom stereocenters. The predicted octanol–water partition coefficient (Wildman–Crippen LogP) is 2.74. The van der Waals surface area contributed by atoms with Gasteiger partial charge in [0, 0.05) is 19.1 Å². The van der Waals surface area contributed by atoms with Crippen LogP contribution < -0.4 is 10.5 Å². The van der Waals surface area contributed by atoms with Crippen molar-refractivity contribution in [2.45, 2.75) is 33.2 Å². The molecule has 0 bridgehead atoms. The maximum atomic E-state index is 6.02. The minimum absolute atomic E-state index is 0.325. The third-order valence-corrected chi connectivity index (χ3v) is 4.17. The van der Waals surface area contributed by atoms with Crippen LogP contribution in [0.5, 0.6) is 5.75 Å². The van der Waals surface area contributed by atoms with Crippen LogP contribution in [0.3, 0.4) is 0 Å². The molecule has 0 amide bonds. The van der Waals surface area contributed by atoms with E-state index in [4.69, 9.17) is 10.5 Å². The summed E-state index contributed by atoms with van der Waals surface area (Å²) in [6.07, 6.45) is 1.25. The monoisotopic (exact) mass is 262 g/mol. The fourth-order valence-corrected chi connectivity index (χ4v) is 3.03. The van der Waals surface area contributed by atoms with Gasteiger partial charge in [0.2, 0.25) is 0 Å². The van der Waals surface area contributed by atoms with E-state index in [0.29, 0.717) is 18.0 Å². The van der Waals surface area contributed by atoms with Gasteiger partial charge in [-0.15, -0.1) is 0 Å². The number of methoxy groups -OCH3 is 1. The number of nitrogens with two attached hydrogens (primary N) is 1. The van der Waals surface area contributed by atoms with Gasteiger partial charge < -0.3 is 10.5 Å². The maximum absolute atomic E-state index is 6.02. The highest BCUT2D eigenvalue weighted by atomic mass is 16.5. The van der Waals surface area contributed by atoms with Gasteiger partial charge in [0.25, 0.3) is 0 Å². The van der Waals surface area contributed by atoms with E-state index >= 15 is 0 Å². The van der Waals surface area contributed by atoms with Crippen LogP contribution >= 0.6 is 0 Å². The zero-order valence-electron chi connectivity index (χ0n) is 12.6. The summed E-state index contributed by atoms with van der Waals surface area (Å²) >= 11 is 0. The molecule has 1 aliphatic rings. The molecule has 1 aromatic carbocycles. The van der Waals surface area contributed by atoms with Gasteiger partial charge in [-0.2, -0.15) is 0 Å². The summed E-state index contributed by atoms with van der Waals surface area (Å²) in [6, 6.07) is 6.73. The number of ether oxygens (including phenoxy) is 1. The van der Waals surface area contributed by atoms with Crippen molar-refractivity contribution < 1.29 is 4.74 Å². The van der Waals surface area contributed by atoms with E-state index in [-0.39, 0.29) is 0 Å². The van der Waals surface area contributed by atoms with Crippen LogP contribution in [-0.4, -0.2) is 31.6 Å². The van der Waals surface area contributed by atoms with E-state index in [1.54, 1.807) is 7.11 Å². The van der Waals surface area contributed by atoms with Gasteiger partial charge in [-0.1, -0.05) is 26.0 Å². The lowest BCUT2D eigenvalue weighted by atomic mass is 9.93. The minimum atomic E-state index is 0.325. The van der Waals surface area contributed by atoms with Crippen LogP contribution in [0.4, 0.5) is 0 Å². The molecule has 0 aliphatic carbocycles. The van der Waals surface area contributed by atoms with Crippen LogP contribution in [-0.2, 0) is 0 Å². The van der Waals surface area contributed by atoms with E-state index in [0.717, 1.165) is 18.8 Å². The van der Waals surface area contributed by atoms with Gasteiger partial charge in [0.05, 0.1) is 7.11 Å². The van der Waals surface area contributed by atoms with E-state index in [2.05, 4.69) is 43.9 Å². The van der Waals surface area contributed by atoms with E-state index in [9.17, 15) is 0 Å². The number of hydrogen-bond donors (Lipinski definition) is 1. The van der Waals surface area contributed by atoms with Crippen LogP contribution in [0.15, 0.2) is 18.2 Å².